The van der Waals surface area contributed by atoms with Crippen molar-refractivity contribution in [2.75, 3.05) is 72.0 Å². The number of alkyl halides is 20. The van der Waals surface area contributed by atoms with Crippen LogP contribution in [0.2, 0.25) is 0 Å². The van der Waals surface area contributed by atoms with Gasteiger partial charge in [0.2, 0.25) is 41.5 Å². The summed E-state index contributed by atoms with van der Waals surface area (Å²) >= 11 is 0. The van der Waals surface area contributed by atoms with Crippen LogP contribution in [0, 0.1) is 11.8 Å². The molecule has 30 heteroatoms. The van der Waals surface area contributed by atoms with Crippen molar-refractivity contribution in [3.63, 3.8) is 0 Å². The third-order valence-corrected chi connectivity index (χ3v) is 24.9. The molecule has 0 aliphatic heterocycles. The molecule has 0 heterocycles. The first-order valence-corrected chi connectivity index (χ1v) is 50.4. The number of hydrogen-bond donors (Lipinski definition) is 0. The maximum Gasteiger partial charge on any atom is 0.251 e. The Morgan fingerprint density at radius 2 is 0.453 bits per heavy atom. The molecule has 3 atom stereocenters. The number of unbranched alkanes of at least 4 members (excludes halogenated alkanes) is 9. The van der Waals surface area contributed by atoms with Gasteiger partial charge in [-0.2, -0.15) is 19.6 Å². The zero-order chi connectivity index (χ0) is 96.1. The van der Waals surface area contributed by atoms with Crippen molar-refractivity contribution < 1.29 is 87.8 Å². The van der Waals surface area contributed by atoms with Crippen molar-refractivity contribution in [1.29, 1.82) is 0 Å². The summed E-state index contributed by atoms with van der Waals surface area (Å²) in [7, 11) is 0. The molecule has 0 amide bonds. The fourth-order valence-corrected chi connectivity index (χ4v) is 17.9. The van der Waals surface area contributed by atoms with E-state index in [0.717, 1.165) is 243 Å². The second-order valence-corrected chi connectivity index (χ2v) is 38.9. The molecule has 10 rings (SSSR count). The van der Waals surface area contributed by atoms with E-state index in [4.69, 9.17) is 0 Å². The Bertz CT molecular complexity index is 2510. The lowest BCUT2D eigenvalue weighted by molar-refractivity contribution is -0.0934. The molecule has 10 fully saturated rings. The van der Waals surface area contributed by atoms with Gasteiger partial charge in [-0.3, -0.25) is 0 Å². The quantitative estimate of drug-likeness (QED) is 0.0423. The molecule has 10 saturated carbocycles. The molecule has 128 heavy (non-hydrogen) atoms. The first kappa shape index (κ1) is 124. The summed E-state index contributed by atoms with van der Waals surface area (Å²) in [5, 5.41) is 40.9. The molecule has 0 saturated heterocycles. The van der Waals surface area contributed by atoms with Gasteiger partial charge in [0.15, 0.2) is 0 Å². The largest absolute Gasteiger partial charge is 0.660 e. The Kier molecular flexibility index (Phi) is 67.0. The minimum Gasteiger partial charge on any atom is -0.660 e. The maximum absolute atomic E-state index is 13.1. The molecule has 0 aromatic heterocycles. The Morgan fingerprint density at radius 1 is 0.219 bits per heavy atom. The van der Waals surface area contributed by atoms with Crippen LogP contribution in [0.15, 0.2) is 0 Å². The molecular formula is C98H176F20N10-10. The van der Waals surface area contributed by atoms with Gasteiger partial charge in [-0.05, 0) is 47.0 Å². The number of halogens is 20. The van der Waals surface area contributed by atoms with Crippen LogP contribution in [0.1, 0.15) is 429 Å². The first-order valence-electron chi connectivity index (χ1n) is 50.4. The smallest absolute Gasteiger partial charge is 0.251 e. The highest BCUT2D eigenvalue weighted by molar-refractivity contribution is 5.06. The highest BCUT2D eigenvalue weighted by Crippen LogP contribution is 2.47. The SMILES string of the molecule is CC(F)(F)CC(F)(F)C[N-]C1CCCC1.CC(F)(F)CC(F)(F)C[N-]C1CCCCC1.CC(F)(F)C[N-]C1CCCC1.CC(F)(F)C[N-]C1CCCCC1.CCC(F)(F)C[N-]C1CCCC1.CCC(F)(F)C[N-]C1CCCCC1.CCCCCCCCCCCC[N-]CC(F)(F)CC(C)(F)F.CC[N-]C1CC2CCC1C2.CC[N-]C1CCCC1.CC[N-]C1CCCCC1. The van der Waals surface area contributed by atoms with E-state index in [-0.39, 0.29) is 75.3 Å². The Balaban J connectivity index is 0.000000719. The summed E-state index contributed by atoms with van der Waals surface area (Å²) in [5.74, 6) is -28.4. The van der Waals surface area contributed by atoms with Crippen LogP contribution in [-0.2, 0) is 0 Å². The topological polar surface area (TPSA) is 141 Å². The van der Waals surface area contributed by atoms with Gasteiger partial charge in [0.05, 0.1) is 19.3 Å². The fraction of sp³-hybridized carbons (Fsp3) is 1.00. The van der Waals surface area contributed by atoms with Crippen LogP contribution in [-0.4, -0.2) is 186 Å². The van der Waals surface area contributed by atoms with E-state index >= 15 is 0 Å². The van der Waals surface area contributed by atoms with Crippen molar-refractivity contribution in [3.8, 4) is 0 Å². The Hall–Kier alpha value is -1.80. The van der Waals surface area contributed by atoms with E-state index in [1.807, 2.05) is 0 Å². The van der Waals surface area contributed by atoms with Gasteiger partial charge < -0.3 is 53.2 Å². The third kappa shape index (κ3) is 74.4. The molecule has 10 aliphatic carbocycles. The highest BCUT2D eigenvalue weighted by Gasteiger charge is 2.40. The summed E-state index contributed by atoms with van der Waals surface area (Å²) in [6.45, 7) is 15.0. The summed E-state index contributed by atoms with van der Waals surface area (Å²) in [5.41, 5.74) is 0. The van der Waals surface area contributed by atoms with Gasteiger partial charge in [-0.1, -0.05) is 408 Å². The molecule has 0 aromatic carbocycles. The summed E-state index contributed by atoms with van der Waals surface area (Å²) in [4.78, 5) is 0. The number of rotatable bonds is 45. The van der Waals surface area contributed by atoms with Crippen molar-refractivity contribution >= 4 is 0 Å². The van der Waals surface area contributed by atoms with Crippen LogP contribution in [0.3, 0.4) is 0 Å². The molecule has 3 unspecified atom stereocenters. The number of hydrogen-bond acceptors (Lipinski definition) is 0. The lowest BCUT2D eigenvalue weighted by Crippen LogP contribution is -2.31. The van der Waals surface area contributed by atoms with Crippen molar-refractivity contribution in [2.45, 2.75) is 543 Å². The van der Waals surface area contributed by atoms with Gasteiger partial charge in [0.1, 0.15) is 0 Å². The van der Waals surface area contributed by atoms with Crippen molar-refractivity contribution in [1.82, 2.24) is 0 Å². The normalized spacial score (nSPS) is 21.3. The van der Waals surface area contributed by atoms with E-state index in [9.17, 15) is 87.8 Å². The van der Waals surface area contributed by atoms with Crippen LogP contribution in [0.5, 0.6) is 0 Å². The Morgan fingerprint density at radius 3 is 0.680 bits per heavy atom. The molecule has 10 nitrogen and oxygen atoms in total. The first-order chi connectivity index (χ1) is 60.0. The molecule has 0 N–H and O–H groups in total. The lowest BCUT2D eigenvalue weighted by Gasteiger charge is -2.37. The minimum absolute atomic E-state index is 0.0404. The van der Waals surface area contributed by atoms with E-state index in [1.165, 1.54) is 155 Å². The van der Waals surface area contributed by atoms with Crippen molar-refractivity contribution in [3.05, 3.63) is 53.2 Å². The monoisotopic (exact) mass is 1870 g/mol. The lowest BCUT2D eigenvalue weighted by atomic mass is 9.95. The second-order valence-electron chi connectivity index (χ2n) is 38.9. The Labute approximate surface area is 764 Å². The fourth-order valence-electron chi connectivity index (χ4n) is 17.9. The van der Waals surface area contributed by atoms with Crippen molar-refractivity contribution in [2.24, 2.45) is 11.8 Å². The van der Waals surface area contributed by atoms with Crippen LogP contribution >= 0.6 is 0 Å². The molecule has 2 bridgehead atoms. The van der Waals surface area contributed by atoms with E-state index < -0.39 is 98.1 Å². The summed E-state index contributed by atoms with van der Waals surface area (Å²) < 4.78 is 254. The average molecular weight is 1870 g/mol. The second kappa shape index (κ2) is 69.1. The predicted molar refractivity (Wildman–Crippen MR) is 494 cm³/mol. The average Bonchev–Trinajstić information content (AvgIpc) is 1.68. The van der Waals surface area contributed by atoms with E-state index in [0.29, 0.717) is 27.3 Å². The zero-order valence-electron chi connectivity index (χ0n) is 81.1. The van der Waals surface area contributed by atoms with Gasteiger partial charge >= 0.3 is 0 Å². The summed E-state index contributed by atoms with van der Waals surface area (Å²) in [6.07, 6.45) is 54.0. The molecule has 0 aromatic rings. The number of fused-ring (bicyclic) bond motifs is 2. The molecule has 0 spiro atoms. The third-order valence-electron chi connectivity index (χ3n) is 24.9. The molecular weight excluding hydrogens is 1700 g/mol. The zero-order valence-corrected chi connectivity index (χ0v) is 81.1. The summed E-state index contributed by atoms with van der Waals surface area (Å²) in [6, 6.07) is 3.01. The van der Waals surface area contributed by atoms with E-state index in [1.54, 1.807) is 0 Å². The molecule has 10 aliphatic rings. The molecule has 0 radical (unpaired) electrons. The number of nitrogens with zero attached hydrogens (tertiary/aromatic N) is 10. The standard InChI is InChI=1S/C17H32F4N.C11H18F4N.C10H16F4N.C10H18F2N.2C9H16F2N.C9H16N.C8H14F2N.C8H16N.C7H14N/c1-3-4-5-6-7-8-9-10-11-12-13-22-15-17(20,21)14-16(2,18)19;1-10(12,13)7-11(14,15)8-16-9-5-3-2-4-6-9;1-9(11,12)6-10(13,14)7-15-8-4-2-3-5-8;1-2-10(11,12)8-13-9-6-4-3-5-7-9;1-9(10,11)7-12-8-5-3-2-4-6-8;1-2-9(10,11)7-12-8-5-3-4-6-8;1-2-10-9-6-7-3-4-8(9)5-7;1-8(9,10)6-11-7-4-2-3-5-7;1-2-9-8-6-4-3-5-7-8;1-2-8-7-5-3-4-6-7/h3-15H2,1-2H3;9H,2-8H2,1H3;8H,2-7H2,1H3;9H,2-8H2,1H3;2*8H,2-7H2,1H3;7-9H,2-6H2,1H3;7H,2-6H2,1H3;8H,2-7H2,1H3;7H,2-6H2,1H3/q10*-1. The van der Waals surface area contributed by atoms with Gasteiger partial charge in [0, 0.05) is 12.8 Å². The van der Waals surface area contributed by atoms with Crippen LogP contribution in [0.25, 0.3) is 53.2 Å². The van der Waals surface area contributed by atoms with Crippen LogP contribution < -0.4 is 0 Å². The van der Waals surface area contributed by atoms with Gasteiger partial charge in [-0.25, -0.2) is 87.8 Å². The van der Waals surface area contributed by atoms with Gasteiger partial charge in [0.25, 0.3) is 17.8 Å². The minimum atomic E-state index is -3.39. The van der Waals surface area contributed by atoms with E-state index in [2.05, 4.69) is 80.9 Å². The molecule has 768 valence electrons. The van der Waals surface area contributed by atoms with Crippen LogP contribution in [0.4, 0.5) is 87.8 Å². The highest BCUT2D eigenvalue weighted by atomic mass is 19.3. The predicted octanol–water partition coefficient (Wildman–Crippen LogP) is 36.3. The maximum atomic E-state index is 13.1. The van der Waals surface area contributed by atoms with Gasteiger partial charge in [-0.15, -0.1) is 60.9 Å².